The second-order valence-corrected chi connectivity index (χ2v) is 4.17. The van der Waals surface area contributed by atoms with Crippen LogP contribution < -0.4 is 11.3 Å². The minimum atomic E-state index is -0.146. The molecule has 3 N–H and O–H groups in total. The number of nitrogens with one attached hydrogen (secondary N) is 1. The van der Waals surface area contributed by atoms with Crippen molar-refractivity contribution in [2.45, 2.75) is 19.3 Å². The first-order valence-corrected chi connectivity index (χ1v) is 5.63. The Morgan fingerprint density at radius 3 is 2.93 bits per heavy atom. The monoisotopic (exact) mass is 217 g/mol. The number of unbranched alkanes of at least 4 members (excludes halogenated alkanes) is 1. The highest BCUT2D eigenvalue weighted by Gasteiger charge is 2.19. The number of nitrogens with zero attached hydrogens (tertiary/aromatic N) is 1. The third-order valence-electron chi connectivity index (χ3n) is 2.09. The van der Waals surface area contributed by atoms with Gasteiger partial charge in [-0.3, -0.25) is 15.0 Å². The first-order chi connectivity index (χ1) is 6.74. The molecule has 0 saturated carbocycles. The quantitative estimate of drug-likeness (QED) is 0.301. The molecule has 1 heterocycles. The van der Waals surface area contributed by atoms with Gasteiger partial charge in [0.05, 0.1) is 0 Å². The molecule has 0 aromatic rings. The topological polar surface area (TPSA) is 75.4 Å². The fraction of sp³-hybridized carbons (Fsp3) is 0.750. The number of hydrogen-bond donors (Lipinski definition) is 2. The van der Waals surface area contributed by atoms with Gasteiger partial charge in [0.15, 0.2) is 0 Å². The molecule has 0 unspecified atom stereocenters. The third-order valence-corrected chi connectivity index (χ3v) is 2.98. The molecule has 1 aliphatic heterocycles. The molecular formula is C8H15N3O2S. The van der Waals surface area contributed by atoms with Crippen molar-refractivity contribution >= 4 is 22.9 Å². The van der Waals surface area contributed by atoms with Gasteiger partial charge in [0.1, 0.15) is 0 Å². The molecule has 1 saturated heterocycles. The van der Waals surface area contributed by atoms with Crippen LogP contribution in [0.4, 0.5) is 4.79 Å². The van der Waals surface area contributed by atoms with E-state index in [9.17, 15) is 9.59 Å². The van der Waals surface area contributed by atoms with Gasteiger partial charge in [-0.05, 0) is 12.8 Å². The molecule has 0 radical (unpaired) electrons. The van der Waals surface area contributed by atoms with Gasteiger partial charge >= 0.3 is 0 Å². The highest BCUT2D eigenvalue weighted by Crippen LogP contribution is 2.17. The molecule has 0 spiro atoms. The number of carbonyl (C=O) groups excluding carboxylic acids is 2. The van der Waals surface area contributed by atoms with Crippen molar-refractivity contribution in [1.82, 2.24) is 10.3 Å². The number of hydrogen-bond acceptors (Lipinski definition) is 4. The van der Waals surface area contributed by atoms with E-state index in [0.717, 1.165) is 31.7 Å². The second kappa shape index (κ2) is 5.87. The molecule has 0 aromatic carbocycles. The standard InChI is InChI=1S/C8H15N3O2S/c9-10-7(12)3-1-2-4-11-5-6-14-8(11)13/h1-6,9H2,(H,10,12). The van der Waals surface area contributed by atoms with Crippen LogP contribution in [0.1, 0.15) is 19.3 Å². The van der Waals surface area contributed by atoms with E-state index in [1.807, 2.05) is 4.90 Å². The summed E-state index contributed by atoms with van der Waals surface area (Å²) in [5, 5.41) is 0.160. The van der Waals surface area contributed by atoms with Crippen LogP contribution in [-0.2, 0) is 4.79 Å². The van der Waals surface area contributed by atoms with Crippen molar-refractivity contribution in [1.29, 1.82) is 0 Å². The van der Waals surface area contributed by atoms with Crippen LogP contribution in [-0.4, -0.2) is 34.9 Å². The van der Waals surface area contributed by atoms with Gasteiger partial charge < -0.3 is 4.90 Å². The Bertz CT molecular complexity index is 223. The van der Waals surface area contributed by atoms with Gasteiger partial charge in [-0.1, -0.05) is 11.8 Å². The molecule has 5 nitrogen and oxygen atoms in total. The number of hydrazine groups is 1. The Hall–Kier alpha value is -0.750. The van der Waals surface area contributed by atoms with Crippen molar-refractivity contribution in [3.8, 4) is 0 Å². The van der Waals surface area contributed by atoms with E-state index < -0.39 is 0 Å². The molecule has 14 heavy (non-hydrogen) atoms. The van der Waals surface area contributed by atoms with Crippen molar-refractivity contribution in [2.24, 2.45) is 5.84 Å². The van der Waals surface area contributed by atoms with E-state index in [2.05, 4.69) is 5.43 Å². The number of carbonyl (C=O) groups is 2. The summed E-state index contributed by atoms with van der Waals surface area (Å²) in [5.74, 6) is 5.68. The summed E-state index contributed by atoms with van der Waals surface area (Å²) in [7, 11) is 0. The molecule has 0 aromatic heterocycles. The molecule has 1 fully saturated rings. The van der Waals surface area contributed by atoms with Crippen LogP contribution in [0.3, 0.4) is 0 Å². The number of amides is 2. The van der Waals surface area contributed by atoms with Crippen molar-refractivity contribution in [2.75, 3.05) is 18.8 Å². The van der Waals surface area contributed by atoms with Gasteiger partial charge in [0.2, 0.25) is 5.91 Å². The van der Waals surface area contributed by atoms with E-state index in [4.69, 9.17) is 5.84 Å². The van der Waals surface area contributed by atoms with Crippen LogP contribution in [0.15, 0.2) is 0 Å². The lowest BCUT2D eigenvalue weighted by Gasteiger charge is -2.13. The molecular weight excluding hydrogens is 202 g/mol. The summed E-state index contributed by atoms with van der Waals surface area (Å²) < 4.78 is 0. The Morgan fingerprint density at radius 1 is 1.57 bits per heavy atom. The van der Waals surface area contributed by atoms with E-state index >= 15 is 0 Å². The molecule has 1 aliphatic rings. The Labute approximate surface area is 87.4 Å². The first kappa shape index (κ1) is 11.3. The zero-order chi connectivity index (χ0) is 10.4. The van der Waals surface area contributed by atoms with Crippen molar-refractivity contribution in [3.63, 3.8) is 0 Å². The zero-order valence-corrected chi connectivity index (χ0v) is 8.81. The summed E-state index contributed by atoms with van der Waals surface area (Å²) in [6, 6.07) is 0. The number of rotatable bonds is 5. The Balaban J connectivity index is 2.03. The van der Waals surface area contributed by atoms with E-state index in [0.29, 0.717) is 6.42 Å². The van der Waals surface area contributed by atoms with Crippen LogP contribution in [0.2, 0.25) is 0 Å². The summed E-state index contributed by atoms with van der Waals surface area (Å²) >= 11 is 1.36. The summed E-state index contributed by atoms with van der Waals surface area (Å²) in [6.45, 7) is 1.59. The average Bonchev–Trinajstić information content (AvgIpc) is 2.58. The fourth-order valence-electron chi connectivity index (χ4n) is 1.29. The first-order valence-electron chi connectivity index (χ1n) is 4.65. The minimum absolute atomic E-state index is 0.146. The third kappa shape index (κ3) is 3.55. The largest absolute Gasteiger partial charge is 0.333 e. The van der Waals surface area contributed by atoms with Gasteiger partial charge in [-0.2, -0.15) is 0 Å². The summed E-state index contributed by atoms with van der Waals surface area (Å²) in [4.78, 5) is 23.7. The summed E-state index contributed by atoms with van der Waals surface area (Å²) in [5.41, 5.74) is 2.08. The van der Waals surface area contributed by atoms with Crippen LogP contribution in [0.5, 0.6) is 0 Å². The van der Waals surface area contributed by atoms with Gasteiger partial charge in [0.25, 0.3) is 5.24 Å². The second-order valence-electron chi connectivity index (χ2n) is 3.13. The number of nitrogens with two attached hydrogens (primary N) is 1. The predicted octanol–water partition coefficient (Wildman–Crippen LogP) is 0.315. The van der Waals surface area contributed by atoms with E-state index in [-0.39, 0.29) is 11.1 Å². The molecule has 0 bridgehead atoms. The Morgan fingerprint density at radius 2 is 2.36 bits per heavy atom. The van der Waals surface area contributed by atoms with E-state index in [1.54, 1.807) is 0 Å². The lowest BCUT2D eigenvalue weighted by atomic mass is 10.2. The maximum Gasteiger partial charge on any atom is 0.281 e. The van der Waals surface area contributed by atoms with Gasteiger partial charge in [0, 0.05) is 25.3 Å². The van der Waals surface area contributed by atoms with Crippen LogP contribution in [0.25, 0.3) is 0 Å². The molecule has 80 valence electrons. The highest BCUT2D eigenvalue weighted by atomic mass is 32.2. The Kier molecular flexibility index (Phi) is 4.75. The maximum atomic E-state index is 11.1. The van der Waals surface area contributed by atoms with Crippen molar-refractivity contribution < 1.29 is 9.59 Å². The number of thioether (sulfide) groups is 1. The normalized spacial score (nSPS) is 16.1. The molecule has 2 amide bonds. The minimum Gasteiger partial charge on any atom is -0.333 e. The molecule has 6 heteroatoms. The van der Waals surface area contributed by atoms with E-state index in [1.165, 1.54) is 11.8 Å². The van der Waals surface area contributed by atoms with Crippen molar-refractivity contribution in [3.05, 3.63) is 0 Å². The van der Waals surface area contributed by atoms with Crippen LogP contribution >= 0.6 is 11.8 Å². The summed E-state index contributed by atoms with van der Waals surface area (Å²) in [6.07, 6.45) is 2.07. The molecule has 1 rings (SSSR count). The maximum absolute atomic E-state index is 11.1. The zero-order valence-electron chi connectivity index (χ0n) is 7.99. The molecule has 0 aliphatic carbocycles. The van der Waals surface area contributed by atoms with Gasteiger partial charge in [-0.25, -0.2) is 5.84 Å². The highest BCUT2D eigenvalue weighted by molar-refractivity contribution is 8.13. The lowest BCUT2D eigenvalue weighted by Crippen LogP contribution is -2.30. The fourth-order valence-corrected chi connectivity index (χ4v) is 2.14. The molecule has 0 atom stereocenters. The predicted molar refractivity (Wildman–Crippen MR) is 55.6 cm³/mol. The lowest BCUT2D eigenvalue weighted by molar-refractivity contribution is -0.121. The van der Waals surface area contributed by atoms with Gasteiger partial charge in [-0.15, -0.1) is 0 Å². The van der Waals surface area contributed by atoms with Crippen LogP contribution in [0, 0.1) is 0 Å². The SMILES string of the molecule is NNC(=O)CCCCN1CCSC1=O. The average molecular weight is 217 g/mol. The smallest absolute Gasteiger partial charge is 0.281 e.